The fraction of sp³-hybridized carbons (Fsp3) is 0. The second kappa shape index (κ2) is 1.34. The van der Waals surface area contributed by atoms with Gasteiger partial charge < -0.3 is 0 Å². The van der Waals surface area contributed by atoms with Crippen LogP contribution in [-0.4, -0.2) is 23.9 Å². The first-order valence-electron chi connectivity index (χ1n) is 1.21. The van der Waals surface area contributed by atoms with E-state index in [0.29, 0.717) is 14.7 Å². The topological polar surface area (TPSA) is 25.8 Å². The van der Waals surface area contributed by atoms with Crippen LogP contribution in [0.2, 0.25) is 0 Å². The van der Waals surface area contributed by atoms with Crippen LogP contribution in [0, 0.1) is 0 Å². The fourth-order valence-electron chi connectivity index (χ4n) is 0.136. The number of aromatic nitrogens is 2. The van der Waals surface area contributed by atoms with Crippen LogP contribution in [0.1, 0.15) is 0 Å². The van der Waals surface area contributed by atoms with Gasteiger partial charge in [-0.2, -0.15) is 0 Å². The molecule has 2 nitrogen and oxygen atoms in total. The third kappa shape index (κ3) is 0.565. The summed E-state index contributed by atoms with van der Waals surface area (Å²) in [6, 6.07) is 0. The van der Waals surface area contributed by atoms with E-state index in [1.54, 1.807) is 6.20 Å². The van der Waals surface area contributed by atoms with E-state index in [-0.39, 0.29) is 0 Å². The Hall–Kier alpha value is -0.141. The van der Waals surface area contributed by atoms with E-state index in [0.717, 1.165) is 0 Å². The first-order chi connectivity index (χ1) is 2.50. The molecule has 0 saturated carbocycles. The molecule has 0 atom stereocenters. The van der Waals surface area contributed by atoms with Crippen molar-refractivity contribution in [1.29, 1.82) is 0 Å². The quantitative estimate of drug-likeness (QED) is 0.447. The van der Waals surface area contributed by atoms with Crippen LogP contribution in [0.25, 0.3) is 0 Å². The number of rotatable bonds is 0. The summed E-state index contributed by atoms with van der Waals surface area (Å²) < 4.78 is 3.66. The zero-order valence-electron chi connectivity index (χ0n) is 2.46. The molecule has 0 aromatic carbocycles. The molecule has 5 heavy (non-hydrogen) atoms. The molecule has 0 radical (unpaired) electrons. The molecule has 1 aromatic heterocycles. The molecule has 0 N–H and O–H groups in total. The molecule has 0 amide bonds. The van der Waals surface area contributed by atoms with Gasteiger partial charge in [-0.25, -0.2) is 0 Å². The maximum atomic E-state index is 3.66. The summed E-state index contributed by atoms with van der Waals surface area (Å²) in [5, 5.41) is 3.56. The molecule has 0 saturated heterocycles. The number of hydrogen-bond donors (Lipinski definition) is 0. The van der Waals surface area contributed by atoms with Crippen molar-refractivity contribution in [2.24, 2.45) is 0 Å². The van der Waals surface area contributed by atoms with Gasteiger partial charge in [0.2, 0.25) is 0 Å². The molecule has 0 bridgehead atoms. The van der Waals surface area contributed by atoms with Crippen molar-refractivity contribution in [3.8, 4) is 0 Å². The summed E-state index contributed by atoms with van der Waals surface area (Å²) in [7, 11) is 0. The Bertz CT molecular complexity index is 64.1. The van der Waals surface area contributed by atoms with Crippen LogP contribution in [0.15, 0.2) is 11.1 Å². The number of hydrogen-bond acceptors (Lipinski definition) is 2. The maximum absolute atomic E-state index is 3.66. The molecule has 3 heteroatoms. The second-order valence-electron chi connectivity index (χ2n) is 0.588. The van der Waals surface area contributed by atoms with E-state index in [9.17, 15) is 0 Å². The van der Waals surface area contributed by atoms with Crippen molar-refractivity contribution < 1.29 is 0 Å². The van der Waals surface area contributed by atoms with Gasteiger partial charge in [0.25, 0.3) is 0 Å². The SMILES string of the molecule is c1c[se]nn1. The molecule has 1 aromatic rings. The Morgan fingerprint density at radius 1 is 1.60 bits per heavy atom. The Labute approximate surface area is 35.8 Å². The Morgan fingerprint density at radius 2 is 2.60 bits per heavy atom. The predicted molar refractivity (Wildman–Crippen MR) is 19.0 cm³/mol. The van der Waals surface area contributed by atoms with E-state index in [4.69, 9.17) is 0 Å². The minimum absolute atomic E-state index is 0.347. The average molecular weight is 133 g/mol. The van der Waals surface area contributed by atoms with Gasteiger partial charge >= 0.3 is 35.1 Å². The van der Waals surface area contributed by atoms with Gasteiger partial charge in [0.15, 0.2) is 0 Å². The van der Waals surface area contributed by atoms with Gasteiger partial charge in [0.05, 0.1) is 0 Å². The zero-order chi connectivity index (χ0) is 3.54. The first-order valence-corrected chi connectivity index (χ1v) is 2.96. The minimum atomic E-state index is 0.347. The van der Waals surface area contributed by atoms with Crippen LogP contribution < -0.4 is 0 Å². The molecule has 0 aliphatic carbocycles. The second-order valence-corrected chi connectivity index (χ2v) is 1.94. The molecule has 0 aliphatic rings. The fourth-order valence-corrected chi connectivity index (χ4v) is 0.707. The van der Waals surface area contributed by atoms with E-state index in [2.05, 4.69) is 9.19 Å². The predicted octanol–water partition coefficient (Wildman–Crippen LogP) is -0.466. The third-order valence-corrected chi connectivity index (χ3v) is 1.19. The monoisotopic (exact) mass is 134 g/mol. The third-order valence-electron chi connectivity index (χ3n) is 0.283. The molecule has 0 unspecified atom stereocenters. The standard InChI is InChI=1S/C2H2N2Se/c1-2-5-4-3-1/h1-2H. The summed E-state index contributed by atoms with van der Waals surface area (Å²) in [5.41, 5.74) is 0. The van der Waals surface area contributed by atoms with Crippen LogP contribution >= 0.6 is 0 Å². The van der Waals surface area contributed by atoms with Gasteiger partial charge in [0.1, 0.15) is 0 Å². The Morgan fingerprint density at radius 3 is 2.80 bits per heavy atom. The van der Waals surface area contributed by atoms with Gasteiger partial charge in [-0.3, -0.25) is 0 Å². The van der Waals surface area contributed by atoms with E-state index in [1.807, 2.05) is 4.94 Å². The summed E-state index contributed by atoms with van der Waals surface area (Å²) >= 11 is 0.347. The van der Waals surface area contributed by atoms with Crippen LogP contribution in [0.5, 0.6) is 0 Å². The molecule has 0 spiro atoms. The van der Waals surface area contributed by atoms with Gasteiger partial charge in [0, 0.05) is 0 Å². The summed E-state index contributed by atoms with van der Waals surface area (Å²) in [4.78, 5) is 1.97. The van der Waals surface area contributed by atoms with Crippen molar-refractivity contribution in [2.75, 3.05) is 0 Å². The van der Waals surface area contributed by atoms with Gasteiger partial charge in [-0.15, -0.1) is 0 Å². The number of nitrogens with zero attached hydrogens (tertiary/aromatic N) is 2. The van der Waals surface area contributed by atoms with Crippen molar-refractivity contribution in [3.63, 3.8) is 0 Å². The van der Waals surface area contributed by atoms with Crippen molar-refractivity contribution in [3.05, 3.63) is 11.1 Å². The van der Waals surface area contributed by atoms with Crippen molar-refractivity contribution in [2.45, 2.75) is 0 Å². The van der Waals surface area contributed by atoms with Crippen LogP contribution in [0.3, 0.4) is 0 Å². The van der Waals surface area contributed by atoms with Crippen molar-refractivity contribution in [1.82, 2.24) is 9.19 Å². The zero-order valence-corrected chi connectivity index (χ0v) is 4.17. The Kier molecular flexibility index (Phi) is 0.819. The summed E-state index contributed by atoms with van der Waals surface area (Å²) in [5.74, 6) is 0. The van der Waals surface area contributed by atoms with Crippen LogP contribution in [-0.2, 0) is 0 Å². The van der Waals surface area contributed by atoms with E-state index < -0.39 is 0 Å². The molecule has 26 valence electrons. The summed E-state index contributed by atoms with van der Waals surface area (Å²) in [6.45, 7) is 0. The first kappa shape index (κ1) is 3.07. The molecule has 1 rings (SSSR count). The molecule has 0 fully saturated rings. The van der Waals surface area contributed by atoms with E-state index >= 15 is 0 Å². The van der Waals surface area contributed by atoms with Crippen LogP contribution in [0.4, 0.5) is 0 Å². The average Bonchev–Trinajstić information content (AvgIpc) is 1.76. The molecular weight excluding hydrogens is 131 g/mol. The Balaban J connectivity index is 3.13. The van der Waals surface area contributed by atoms with Gasteiger partial charge in [-0.1, -0.05) is 0 Å². The summed E-state index contributed by atoms with van der Waals surface area (Å²) in [6.07, 6.45) is 1.72. The molecular formula is C2H2N2Se. The molecule has 0 aliphatic heterocycles. The van der Waals surface area contributed by atoms with Crippen molar-refractivity contribution >= 4 is 14.7 Å². The normalized spacial score (nSPS) is 8.00. The van der Waals surface area contributed by atoms with E-state index in [1.165, 1.54) is 0 Å². The molecule has 1 heterocycles. The van der Waals surface area contributed by atoms with Gasteiger partial charge in [-0.05, 0) is 0 Å².